The van der Waals surface area contributed by atoms with E-state index >= 15 is 0 Å². The summed E-state index contributed by atoms with van der Waals surface area (Å²) in [5.74, 6) is 0.721. The van der Waals surface area contributed by atoms with E-state index in [0.29, 0.717) is 0 Å². The molecule has 2 nitrogen and oxygen atoms in total. The van der Waals surface area contributed by atoms with Crippen LogP contribution in [-0.4, -0.2) is 9.97 Å². The Morgan fingerprint density at radius 1 is 0.404 bits per heavy atom. The lowest BCUT2D eigenvalue weighted by molar-refractivity contribution is 0.660. The van der Waals surface area contributed by atoms with Crippen LogP contribution in [0.3, 0.4) is 0 Å². The van der Waals surface area contributed by atoms with Crippen molar-refractivity contribution in [2.45, 2.75) is 19.3 Å². The first-order chi connectivity index (χ1) is 23.1. The maximum atomic E-state index is 5.23. The minimum absolute atomic E-state index is 0.0511. The van der Waals surface area contributed by atoms with E-state index in [4.69, 9.17) is 9.97 Å². The molecule has 0 spiro atoms. The molecule has 0 bridgehead atoms. The zero-order valence-electron chi connectivity index (χ0n) is 26.4. The smallest absolute Gasteiger partial charge is 0.160 e. The molecule has 1 aromatic heterocycles. The Labute approximate surface area is 275 Å². The van der Waals surface area contributed by atoms with E-state index in [2.05, 4.69) is 153 Å². The molecule has 0 fully saturated rings. The first-order valence-electron chi connectivity index (χ1n) is 16.3. The predicted molar refractivity (Wildman–Crippen MR) is 196 cm³/mol. The van der Waals surface area contributed by atoms with Crippen molar-refractivity contribution in [3.05, 3.63) is 169 Å². The zero-order valence-corrected chi connectivity index (χ0v) is 26.4. The molecule has 2 heteroatoms. The topological polar surface area (TPSA) is 25.8 Å². The third-order valence-corrected chi connectivity index (χ3v) is 9.92. The first kappa shape index (κ1) is 27.5. The number of aromatic nitrogens is 2. The Morgan fingerprint density at radius 3 is 1.74 bits per heavy atom. The molecular formula is C45H32N2. The van der Waals surface area contributed by atoms with Crippen molar-refractivity contribution in [1.29, 1.82) is 0 Å². The van der Waals surface area contributed by atoms with Crippen LogP contribution in [0.2, 0.25) is 0 Å². The predicted octanol–water partition coefficient (Wildman–Crippen LogP) is 11.8. The van der Waals surface area contributed by atoms with E-state index < -0.39 is 0 Å². The molecule has 0 aliphatic heterocycles. The summed E-state index contributed by atoms with van der Waals surface area (Å²) in [5, 5.41) is 4.77. The average molecular weight is 601 g/mol. The first-order valence-corrected chi connectivity index (χ1v) is 16.3. The summed E-state index contributed by atoms with van der Waals surface area (Å²) in [6, 6.07) is 56.4. The van der Waals surface area contributed by atoms with Crippen molar-refractivity contribution < 1.29 is 0 Å². The number of hydrogen-bond donors (Lipinski definition) is 0. The molecule has 0 N–H and O–H groups in total. The van der Waals surface area contributed by atoms with Crippen LogP contribution < -0.4 is 0 Å². The summed E-state index contributed by atoms with van der Waals surface area (Å²) >= 11 is 0. The highest BCUT2D eigenvalue weighted by molar-refractivity contribution is 6.08. The molecule has 47 heavy (non-hydrogen) atoms. The van der Waals surface area contributed by atoms with Crippen LogP contribution in [0.15, 0.2) is 158 Å². The van der Waals surface area contributed by atoms with Gasteiger partial charge in [0, 0.05) is 22.1 Å². The van der Waals surface area contributed by atoms with Gasteiger partial charge in [0.15, 0.2) is 5.82 Å². The van der Waals surface area contributed by atoms with Gasteiger partial charge in [-0.1, -0.05) is 166 Å². The quantitative estimate of drug-likeness (QED) is 0.201. The molecule has 1 aliphatic carbocycles. The van der Waals surface area contributed by atoms with Crippen LogP contribution in [0.1, 0.15) is 25.0 Å². The van der Waals surface area contributed by atoms with Crippen LogP contribution in [0.25, 0.3) is 77.7 Å². The van der Waals surface area contributed by atoms with Gasteiger partial charge in [-0.15, -0.1) is 0 Å². The SMILES string of the molecule is CC1(C)c2ccccc2-c2c(-c3ccc(-c4cc(-c5cccc6ccccc56)nc(-c5ccccc5)n4)c4ccccc34)cccc21. The zero-order chi connectivity index (χ0) is 31.5. The molecule has 1 aliphatic rings. The van der Waals surface area contributed by atoms with Gasteiger partial charge in [-0.05, 0) is 61.0 Å². The van der Waals surface area contributed by atoms with E-state index in [1.807, 2.05) is 18.2 Å². The van der Waals surface area contributed by atoms with Crippen molar-refractivity contribution >= 4 is 21.5 Å². The summed E-state index contributed by atoms with van der Waals surface area (Å²) in [4.78, 5) is 10.4. The molecule has 1 heterocycles. The molecule has 7 aromatic carbocycles. The lowest BCUT2D eigenvalue weighted by Crippen LogP contribution is -2.14. The van der Waals surface area contributed by atoms with Gasteiger partial charge in [0.1, 0.15) is 0 Å². The van der Waals surface area contributed by atoms with Crippen LogP contribution in [0.5, 0.6) is 0 Å². The number of hydrogen-bond acceptors (Lipinski definition) is 2. The van der Waals surface area contributed by atoms with Crippen LogP contribution in [-0.2, 0) is 5.41 Å². The van der Waals surface area contributed by atoms with Crippen molar-refractivity contribution in [1.82, 2.24) is 9.97 Å². The van der Waals surface area contributed by atoms with Gasteiger partial charge in [-0.2, -0.15) is 0 Å². The van der Waals surface area contributed by atoms with Crippen LogP contribution in [0, 0.1) is 0 Å². The summed E-state index contributed by atoms with van der Waals surface area (Å²) in [6.07, 6.45) is 0. The number of nitrogens with zero attached hydrogens (tertiary/aromatic N) is 2. The molecule has 0 radical (unpaired) electrons. The largest absolute Gasteiger partial charge is 0.228 e. The fourth-order valence-electron chi connectivity index (χ4n) is 7.62. The third kappa shape index (κ3) is 4.33. The molecule has 9 rings (SSSR count). The Hall–Kier alpha value is -5.86. The maximum Gasteiger partial charge on any atom is 0.160 e. The monoisotopic (exact) mass is 600 g/mol. The highest BCUT2D eigenvalue weighted by atomic mass is 14.9. The molecule has 8 aromatic rings. The fourth-order valence-corrected chi connectivity index (χ4v) is 7.62. The summed E-state index contributed by atoms with van der Waals surface area (Å²) in [7, 11) is 0. The van der Waals surface area contributed by atoms with Gasteiger partial charge >= 0.3 is 0 Å². The number of fused-ring (bicyclic) bond motifs is 5. The minimum Gasteiger partial charge on any atom is -0.228 e. The third-order valence-electron chi connectivity index (χ3n) is 9.92. The van der Waals surface area contributed by atoms with Crippen molar-refractivity contribution in [2.75, 3.05) is 0 Å². The normalized spacial score (nSPS) is 13.1. The van der Waals surface area contributed by atoms with E-state index in [1.54, 1.807) is 0 Å². The standard InChI is InChI=1S/C45H32N2/c1-45(2)39-24-11-10-21-38(39)43-37(23-13-25-40(43)45)34-26-27-36(33-20-9-8-19-32(33)34)42-28-41(46-44(47-42)30-15-4-3-5-16-30)35-22-12-17-29-14-6-7-18-31(29)35/h3-28H,1-2H3. The van der Waals surface area contributed by atoms with Crippen molar-refractivity contribution in [3.63, 3.8) is 0 Å². The molecule has 0 saturated carbocycles. The van der Waals surface area contributed by atoms with E-state index in [0.717, 1.165) is 33.9 Å². The molecule has 0 amide bonds. The molecular weight excluding hydrogens is 569 g/mol. The highest BCUT2D eigenvalue weighted by Gasteiger charge is 2.36. The number of rotatable bonds is 4. The van der Waals surface area contributed by atoms with Gasteiger partial charge < -0.3 is 0 Å². The Balaban J connectivity index is 1.28. The maximum absolute atomic E-state index is 5.23. The minimum atomic E-state index is -0.0511. The van der Waals surface area contributed by atoms with Crippen LogP contribution >= 0.6 is 0 Å². The van der Waals surface area contributed by atoms with Gasteiger partial charge in [0.2, 0.25) is 0 Å². The van der Waals surface area contributed by atoms with Crippen LogP contribution in [0.4, 0.5) is 0 Å². The molecule has 222 valence electrons. The van der Waals surface area contributed by atoms with Crippen molar-refractivity contribution in [2.24, 2.45) is 0 Å². The van der Waals surface area contributed by atoms with Gasteiger partial charge in [-0.3, -0.25) is 0 Å². The van der Waals surface area contributed by atoms with E-state index in [-0.39, 0.29) is 5.41 Å². The lowest BCUT2D eigenvalue weighted by Gasteiger charge is -2.22. The highest BCUT2D eigenvalue weighted by Crippen LogP contribution is 2.53. The summed E-state index contributed by atoms with van der Waals surface area (Å²) in [5.41, 5.74) is 12.9. The Morgan fingerprint density at radius 2 is 0.936 bits per heavy atom. The molecule has 0 saturated heterocycles. The fraction of sp³-hybridized carbons (Fsp3) is 0.0667. The van der Waals surface area contributed by atoms with Gasteiger partial charge in [-0.25, -0.2) is 9.97 Å². The summed E-state index contributed by atoms with van der Waals surface area (Å²) in [6.45, 7) is 4.69. The van der Waals surface area contributed by atoms with Crippen molar-refractivity contribution in [3.8, 4) is 56.2 Å². The van der Waals surface area contributed by atoms with E-state index in [9.17, 15) is 0 Å². The summed E-state index contributed by atoms with van der Waals surface area (Å²) < 4.78 is 0. The Bertz CT molecular complexity index is 2490. The molecule has 0 unspecified atom stereocenters. The number of benzene rings is 7. The van der Waals surface area contributed by atoms with E-state index in [1.165, 1.54) is 54.9 Å². The molecule has 0 atom stereocenters. The second-order valence-electron chi connectivity index (χ2n) is 13.0. The van der Waals surface area contributed by atoms with Gasteiger partial charge in [0.25, 0.3) is 0 Å². The second-order valence-corrected chi connectivity index (χ2v) is 13.0. The Kier molecular flexibility index (Phi) is 6.20. The second kappa shape index (κ2) is 10.6. The average Bonchev–Trinajstić information content (AvgIpc) is 3.37. The van der Waals surface area contributed by atoms with Gasteiger partial charge in [0.05, 0.1) is 11.4 Å². The lowest BCUT2D eigenvalue weighted by atomic mass is 9.81.